The van der Waals surface area contributed by atoms with Gasteiger partial charge in [0, 0.05) is 13.5 Å². The highest BCUT2D eigenvalue weighted by atomic mass is 16.4. The fourth-order valence-electron chi connectivity index (χ4n) is 1.24. The topological polar surface area (TPSA) is 55.1 Å². The summed E-state index contributed by atoms with van der Waals surface area (Å²) in [5.41, 5.74) is 0.703. The van der Waals surface area contributed by atoms with Crippen LogP contribution in [-0.2, 0) is 0 Å². The van der Waals surface area contributed by atoms with Gasteiger partial charge in [0.05, 0.1) is 5.69 Å². The number of carbonyl (C=O) groups is 1. The fourth-order valence-corrected chi connectivity index (χ4v) is 1.24. The van der Waals surface area contributed by atoms with Crippen molar-refractivity contribution in [2.24, 2.45) is 0 Å². The van der Waals surface area contributed by atoms with E-state index in [1.54, 1.807) is 13.0 Å². The van der Waals surface area contributed by atoms with Crippen molar-refractivity contribution in [3.05, 3.63) is 30.0 Å². The minimum atomic E-state index is -0.237. The summed E-state index contributed by atoms with van der Waals surface area (Å²) < 4.78 is 5.28. The first-order valence-electron chi connectivity index (χ1n) is 4.92. The molecule has 1 aromatic heterocycles. The third kappa shape index (κ3) is 2.68. The van der Waals surface area contributed by atoms with Gasteiger partial charge in [-0.25, -0.2) is 4.98 Å². The second-order valence-electron chi connectivity index (χ2n) is 3.60. The maximum Gasteiger partial charge on any atom is 0.289 e. The first-order valence-corrected chi connectivity index (χ1v) is 4.92. The van der Waals surface area contributed by atoms with Crippen LogP contribution >= 0.6 is 0 Å². The Hall–Kier alpha value is -1.58. The number of aryl methyl sites for hydroxylation is 1. The van der Waals surface area contributed by atoms with E-state index in [0.717, 1.165) is 0 Å². The first-order chi connectivity index (χ1) is 7.06. The van der Waals surface area contributed by atoms with Crippen molar-refractivity contribution in [3.63, 3.8) is 0 Å². The van der Waals surface area contributed by atoms with Crippen LogP contribution in [0.2, 0.25) is 0 Å². The smallest absolute Gasteiger partial charge is 0.289 e. The number of oxazole rings is 1. The summed E-state index contributed by atoms with van der Waals surface area (Å²) in [6.07, 6.45) is 1.62. The number of nitrogens with one attached hydrogen (secondary N) is 1. The van der Waals surface area contributed by atoms with Crippen molar-refractivity contribution >= 4 is 5.91 Å². The van der Waals surface area contributed by atoms with Gasteiger partial charge in [0.25, 0.3) is 5.91 Å². The van der Waals surface area contributed by atoms with Crippen molar-refractivity contribution in [2.45, 2.75) is 26.7 Å². The van der Waals surface area contributed by atoms with Crippen LogP contribution in [0.3, 0.4) is 0 Å². The van der Waals surface area contributed by atoms with Crippen molar-refractivity contribution in [2.75, 3.05) is 6.54 Å². The van der Waals surface area contributed by atoms with Crippen molar-refractivity contribution in [3.8, 4) is 0 Å². The highest BCUT2D eigenvalue weighted by Gasteiger charge is 2.20. The van der Waals surface area contributed by atoms with Crippen LogP contribution in [0, 0.1) is 6.92 Å². The molecular formula is C11H16N2O2. The van der Waals surface area contributed by atoms with Gasteiger partial charge in [-0.3, -0.25) is 4.79 Å². The minimum absolute atomic E-state index is 0.173. The Balaban J connectivity index is 2.91. The molecule has 0 aliphatic carbocycles. The van der Waals surface area contributed by atoms with E-state index in [9.17, 15) is 4.79 Å². The van der Waals surface area contributed by atoms with Gasteiger partial charge in [0.1, 0.15) is 0 Å². The molecule has 0 fully saturated rings. The normalized spacial score (nSPS) is 10.4. The molecule has 0 aliphatic rings. The number of hydrogen-bond acceptors (Lipinski definition) is 3. The Labute approximate surface area is 89.4 Å². The summed E-state index contributed by atoms with van der Waals surface area (Å²) in [6.45, 7) is 9.63. The zero-order chi connectivity index (χ0) is 11.4. The molecule has 1 amide bonds. The third-order valence-corrected chi connectivity index (χ3v) is 1.92. The third-order valence-electron chi connectivity index (χ3n) is 1.92. The summed E-state index contributed by atoms with van der Waals surface area (Å²) in [5.74, 6) is 0.762. The summed E-state index contributed by atoms with van der Waals surface area (Å²) in [4.78, 5) is 15.8. The molecule has 15 heavy (non-hydrogen) atoms. The minimum Gasteiger partial charge on any atom is -0.436 e. The molecule has 82 valence electrons. The van der Waals surface area contributed by atoms with Gasteiger partial charge in [-0.2, -0.15) is 0 Å². The number of hydrogen-bond donors (Lipinski definition) is 1. The number of rotatable bonds is 4. The predicted octanol–water partition coefficient (Wildman–Crippen LogP) is 2.02. The standard InChI is InChI=1S/C11H16N2O2/c1-5-6-12-11(14)10-9(7(2)3)13-8(4)15-10/h5,7H,1,6H2,2-4H3,(H,12,14). The van der Waals surface area contributed by atoms with Gasteiger partial charge < -0.3 is 9.73 Å². The molecule has 0 aromatic carbocycles. The molecule has 0 saturated heterocycles. The van der Waals surface area contributed by atoms with Crippen molar-refractivity contribution in [1.29, 1.82) is 0 Å². The van der Waals surface area contributed by atoms with E-state index < -0.39 is 0 Å². The van der Waals surface area contributed by atoms with Gasteiger partial charge in [-0.15, -0.1) is 6.58 Å². The Bertz CT molecular complexity index is 367. The number of amides is 1. The molecular weight excluding hydrogens is 192 g/mol. The van der Waals surface area contributed by atoms with E-state index >= 15 is 0 Å². The molecule has 0 radical (unpaired) electrons. The summed E-state index contributed by atoms with van der Waals surface area (Å²) in [6, 6.07) is 0. The molecule has 1 aromatic rings. The van der Waals surface area contributed by atoms with Gasteiger partial charge in [0.2, 0.25) is 5.76 Å². The maximum absolute atomic E-state index is 11.6. The molecule has 0 spiro atoms. The molecule has 0 aliphatic heterocycles. The Morgan fingerprint density at radius 3 is 2.87 bits per heavy atom. The highest BCUT2D eigenvalue weighted by Crippen LogP contribution is 2.19. The molecule has 1 N–H and O–H groups in total. The molecule has 0 unspecified atom stereocenters. The Kier molecular flexibility index (Phi) is 3.66. The van der Waals surface area contributed by atoms with Crippen molar-refractivity contribution in [1.82, 2.24) is 10.3 Å². The van der Waals surface area contributed by atoms with E-state index in [1.165, 1.54) is 0 Å². The molecule has 0 atom stereocenters. The van der Waals surface area contributed by atoms with E-state index in [2.05, 4.69) is 16.9 Å². The van der Waals surface area contributed by atoms with E-state index in [1.807, 2.05) is 13.8 Å². The highest BCUT2D eigenvalue weighted by molar-refractivity contribution is 5.92. The fraction of sp³-hybridized carbons (Fsp3) is 0.455. The summed E-state index contributed by atoms with van der Waals surface area (Å²) in [5, 5.41) is 2.67. The lowest BCUT2D eigenvalue weighted by Gasteiger charge is -2.03. The van der Waals surface area contributed by atoms with E-state index in [-0.39, 0.29) is 11.8 Å². The van der Waals surface area contributed by atoms with Gasteiger partial charge in [-0.1, -0.05) is 19.9 Å². The van der Waals surface area contributed by atoms with Crippen molar-refractivity contribution < 1.29 is 9.21 Å². The number of carbonyl (C=O) groups excluding carboxylic acids is 1. The molecule has 1 rings (SSSR count). The zero-order valence-corrected chi connectivity index (χ0v) is 9.33. The molecule has 4 heteroatoms. The largest absolute Gasteiger partial charge is 0.436 e. The van der Waals surface area contributed by atoms with Gasteiger partial charge in [0.15, 0.2) is 5.89 Å². The van der Waals surface area contributed by atoms with Crippen LogP contribution < -0.4 is 5.32 Å². The number of nitrogens with zero attached hydrogens (tertiary/aromatic N) is 1. The van der Waals surface area contributed by atoms with Crippen LogP contribution in [0.25, 0.3) is 0 Å². The van der Waals surface area contributed by atoms with Crippen LogP contribution in [0.1, 0.15) is 41.9 Å². The van der Waals surface area contributed by atoms with Crippen LogP contribution in [-0.4, -0.2) is 17.4 Å². The lowest BCUT2D eigenvalue weighted by molar-refractivity contribution is 0.0927. The second-order valence-corrected chi connectivity index (χ2v) is 3.60. The second kappa shape index (κ2) is 4.77. The van der Waals surface area contributed by atoms with E-state index in [0.29, 0.717) is 23.9 Å². The molecule has 4 nitrogen and oxygen atoms in total. The average Bonchev–Trinajstić information content (AvgIpc) is 2.57. The summed E-state index contributed by atoms with van der Waals surface area (Å²) in [7, 11) is 0. The summed E-state index contributed by atoms with van der Waals surface area (Å²) >= 11 is 0. The van der Waals surface area contributed by atoms with Crippen LogP contribution in [0.5, 0.6) is 0 Å². The molecule has 0 saturated carbocycles. The lowest BCUT2D eigenvalue weighted by atomic mass is 10.1. The molecule has 1 heterocycles. The monoisotopic (exact) mass is 208 g/mol. The maximum atomic E-state index is 11.6. The van der Waals surface area contributed by atoms with Gasteiger partial charge in [-0.05, 0) is 5.92 Å². The quantitative estimate of drug-likeness (QED) is 0.770. The SMILES string of the molecule is C=CCNC(=O)c1oc(C)nc1C(C)C. The van der Waals surface area contributed by atoms with E-state index in [4.69, 9.17) is 4.42 Å². The van der Waals surface area contributed by atoms with Crippen LogP contribution in [0.15, 0.2) is 17.1 Å². The average molecular weight is 208 g/mol. The zero-order valence-electron chi connectivity index (χ0n) is 9.33. The first kappa shape index (κ1) is 11.5. The Morgan fingerprint density at radius 2 is 2.33 bits per heavy atom. The lowest BCUT2D eigenvalue weighted by Crippen LogP contribution is -2.24. The predicted molar refractivity (Wildman–Crippen MR) is 57.9 cm³/mol. The van der Waals surface area contributed by atoms with Crippen LogP contribution in [0.4, 0.5) is 0 Å². The number of aromatic nitrogens is 1. The molecule has 0 bridgehead atoms. The Morgan fingerprint density at radius 1 is 1.67 bits per heavy atom. The van der Waals surface area contributed by atoms with Gasteiger partial charge >= 0.3 is 0 Å².